The van der Waals surface area contributed by atoms with E-state index in [9.17, 15) is 13.2 Å². The molecule has 0 saturated heterocycles. The number of aryl methyl sites for hydroxylation is 1. The first-order valence-corrected chi connectivity index (χ1v) is 15.5. The Hall–Kier alpha value is -2.78. The van der Waals surface area contributed by atoms with Gasteiger partial charge in [0.25, 0.3) is 0 Å². The van der Waals surface area contributed by atoms with Crippen molar-refractivity contribution < 1.29 is 17.7 Å². The minimum absolute atomic E-state index is 0.0795. The number of quaternary nitrogens is 1. The molecule has 0 aliphatic rings. The van der Waals surface area contributed by atoms with Gasteiger partial charge in [0.2, 0.25) is 15.9 Å². The van der Waals surface area contributed by atoms with Crippen LogP contribution in [0.5, 0.6) is 0 Å². The molecular weight excluding hydrogens is 544 g/mol. The molecule has 0 saturated carbocycles. The number of pyridine rings is 1. The van der Waals surface area contributed by atoms with Crippen molar-refractivity contribution in [1.29, 1.82) is 0 Å². The van der Waals surface area contributed by atoms with Gasteiger partial charge < -0.3 is 9.80 Å². The summed E-state index contributed by atoms with van der Waals surface area (Å²) in [7, 11) is 2.29. The summed E-state index contributed by atoms with van der Waals surface area (Å²) in [6.45, 7) is 7.28. The lowest BCUT2D eigenvalue weighted by molar-refractivity contribution is -0.869. The summed E-state index contributed by atoms with van der Waals surface area (Å²) in [4.78, 5) is 17.0. The Morgan fingerprint density at radius 1 is 1.12 bits per heavy atom. The zero-order valence-electron chi connectivity index (χ0n) is 24.4. The number of rotatable bonds is 13. The lowest BCUT2D eigenvalue weighted by Gasteiger charge is -2.30. The lowest BCUT2D eigenvalue weighted by Crippen LogP contribution is -2.42. The van der Waals surface area contributed by atoms with Crippen LogP contribution in [-0.2, 0) is 21.2 Å². The summed E-state index contributed by atoms with van der Waals surface area (Å²) in [5, 5.41) is 3.35. The molecule has 7 nitrogen and oxygen atoms in total. The van der Waals surface area contributed by atoms with E-state index in [1.807, 2.05) is 43.5 Å². The van der Waals surface area contributed by atoms with Gasteiger partial charge in [-0.1, -0.05) is 42.8 Å². The molecule has 216 valence electrons. The number of carbonyl (C=O) groups is 1. The van der Waals surface area contributed by atoms with Gasteiger partial charge >= 0.3 is 0 Å². The van der Waals surface area contributed by atoms with Gasteiger partial charge in [-0.25, -0.2) is 8.42 Å². The standard InChI is InChI=1S/C31H41ClN4O3S/c1-7-25-22-33-17-16-28(25)27-12-8-11-26(21-27)24(3)35(19-10-15-31(37)34-18-20-36(4,5)6)40(38,39)30-14-9-13-29(32)23(30)2/h8-9,11-14,16-17,21-22,24H,7,10,15,18-20H2,1-6H3/p+1. The molecule has 0 fully saturated rings. The van der Waals surface area contributed by atoms with Crippen molar-refractivity contribution in [2.45, 2.75) is 51.0 Å². The third kappa shape index (κ3) is 8.13. The van der Waals surface area contributed by atoms with Crippen molar-refractivity contribution in [2.75, 3.05) is 40.8 Å². The molecule has 1 atom stereocenters. The number of halogens is 1. The summed E-state index contributed by atoms with van der Waals surface area (Å²) in [5.74, 6) is -0.0795. The third-order valence-corrected chi connectivity index (χ3v) is 9.61. The summed E-state index contributed by atoms with van der Waals surface area (Å²) < 4.78 is 30.4. The topological polar surface area (TPSA) is 79.4 Å². The van der Waals surface area contributed by atoms with Crippen molar-refractivity contribution in [2.24, 2.45) is 0 Å². The highest BCUT2D eigenvalue weighted by Crippen LogP contribution is 2.33. The second-order valence-electron chi connectivity index (χ2n) is 11.1. The lowest BCUT2D eigenvalue weighted by atomic mass is 9.97. The minimum atomic E-state index is -3.92. The molecule has 1 unspecified atom stereocenters. The zero-order chi connectivity index (χ0) is 29.5. The van der Waals surface area contributed by atoms with E-state index in [1.54, 1.807) is 31.3 Å². The van der Waals surface area contributed by atoms with Crippen LogP contribution >= 0.6 is 11.6 Å². The van der Waals surface area contributed by atoms with Gasteiger partial charge in [0.05, 0.1) is 39.1 Å². The number of likely N-dealkylation sites (N-methyl/N-ethyl adjacent to an activating group) is 1. The molecule has 1 aromatic heterocycles. The number of hydrogen-bond acceptors (Lipinski definition) is 4. The van der Waals surface area contributed by atoms with Crippen LogP contribution in [0.2, 0.25) is 5.02 Å². The second-order valence-corrected chi connectivity index (χ2v) is 13.4. The molecule has 9 heteroatoms. The van der Waals surface area contributed by atoms with E-state index in [1.165, 1.54) is 4.31 Å². The predicted octanol–water partition coefficient (Wildman–Crippen LogP) is 5.63. The van der Waals surface area contributed by atoms with Crippen molar-refractivity contribution in [3.05, 3.63) is 82.6 Å². The van der Waals surface area contributed by atoms with Crippen LogP contribution in [0.4, 0.5) is 0 Å². The monoisotopic (exact) mass is 585 g/mol. The van der Waals surface area contributed by atoms with Gasteiger partial charge in [0.15, 0.2) is 0 Å². The zero-order valence-corrected chi connectivity index (χ0v) is 26.0. The van der Waals surface area contributed by atoms with Gasteiger partial charge in [-0.15, -0.1) is 0 Å². The van der Waals surface area contributed by atoms with Crippen LogP contribution in [0.1, 0.15) is 49.4 Å². The summed E-state index contributed by atoms with van der Waals surface area (Å²) in [5.41, 5.74) is 4.60. The van der Waals surface area contributed by atoms with Crippen LogP contribution < -0.4 is 5.32 Å². The van der Waals surface area contributed by atoms with Crippen molar-refractivity contribution in [3.63, 3.8) is 0 Å². The number of carbonyl (C=O) groups excluding carboxylic acids is 1. The van der Waals surface area contributed by atoms with E-state index in [4.69, 9.17) is 11.6 Å². The predicted molar refractivity (Wildman–Crippen MR) is 163 cm³/mol. The normalized spacial score (nSPS) is 12.9. The summed E-state index contributed by atoms with van der Waals surface area (Å²) in [6.07, 6.45) is 5.11. The van der Waals surface area contributed by atoms with E-state index in [0.29, 0.717) is 23.6 Å². The number of benzene rings is 2. The first-order chi connectivity index (χ1) is 18.8. The fourth-order valence-electron chi connectivity index (χ4n) is 4.65. The van der Waals surface area contributed by atoms with Gasteiger partial charge in [0, 0.05) is 36.4 Å². The van der Waals surface area contributed by atoms with Gasteiger partial charge in [-0.05, 0) is 78.8 Å². The molecule has 1 heterocycles. The number of amides is 1. The highest BCUT2D eigenvalue weighted by molar-refractivity contribution is 7.89. The highest BCUT2D eigenvalue weighted by atomic mass is 35.5. The number of nitrogens with zero attached hydrogens (tertiary/aromatic N) is 3. The second kappa shape index (κ2) is 13.7. The minimum Gasteiger partial charge on any atom is -0.350 e. The Morgan fingerprint density at radius 3 is 2.55 bits per heavy atom. The molecule has 0 aliphatic heterocycles. The van der Waals surface area contributed by atoms with Crippen molar-refractivity contribution >= 4 is 27.5 Å². The molecular formula is C31H42ClN4O3S+. The molecule has 3 aromatic rings. The Kier molecular flexibility index (Phi) is 10.9. The van der Waals surface area contributed by atoms with Crippen LogP contribution in [0.25, 0.3) is 11.1 Å². The van der Waals surface area contributed by atoms with Crippen molar-refractivity contribution in [1.82, 2.24) is 14.6 Å². The number of nitrogens with one attached hydrogen (secondary N) is 1. The van der Waals surface area contributed by atoms with E-state index >= 15 is 0 Å². The van der Waals surface area contributed by atoms with E-state index in [-0.39, 0.29) is 23.8 Å². The fourth-order valence-corrected chi connectivity index (χ4v) is 6.79. The molecule has 2 aromatic carbocycles. The maximum absolute atomic E-state index is 14.1. The van der Waals surface area contributed by atoms with Crippen LogP contribution in [0.3, 0.4) is 0 Å². The highest BCUT2D eigenvalue weighted by Gasteiger charge is 2.31. The van der Waals surface area contributed by atoms with Crippen LogP contribution in [0.15, 0.2) is 65.8 Å². The van der Waals surface area contributed by atoms with Gasteiger partial charge in [-0.2, -0.15) is 4.31 Å². The fraction of sp³-hybridized carbons (Fsp3) is 0.419. The van der Waals surface area contributed by atoms with Crippen LogP contribution in [0, 0.1) is 6.92 Å². The maximum Gasteiger partial charge on any atom is 0.243 e. The molecule has 0 spiro atoms. The Balaban J connectivity index is 1.90. The Labute approximate surface area is 244 Å². The smallest absolute Gasteiger partial charge is 0.243 e. The number of hydrogen-bond donors (Lipinski definition) is 1. The van der Waals surface area contributed by atoms with E-state index < -0.39 is 16.1 Å². The largest absolute Gasteiger partial charge is 0.350 e. The van der Waals surface area contributed by atoms with E-state index in [2.05, 4.69) is 38.4 Å². The maximum atomic E-state index is 14.1. The molecule has 40 heavy (non-hydrogen) atoms. The Morgan fingerprint density at radius 2 is 1.85 bits per heavy atom. The molecule has 1 N–H and O–H groups in total. The van der Waals surface area contributed by atoms with E-state index in [0.717, 1.165) is 39.7 Å². The number of sulfonamides is 1. The molecule has 0 aliphatic carbocycles. The molecule has 0 radical (unpaired) electrons. The number of aromatic nitrogens is 1. The van der Waals surface area contributed by atoms with Crippen LogP contribution in [-0.4, -0.2) is 68.9 Å². The summed E-state index contributed by atoms with van der Waals surface area (Å²) >= 11 is 6.32. The van der Waals surface area contributed by atoms with Crippen molar-refractivity contribution in [3.8, 4) is 11.1 Å². The Bertz CT molecular complexity index is 1420. The molecule has 1 amide bonds. The quantitative estimate of drug-likeness (QED) is 0.264. The molecule has 3 rings (SSSR count). The third-order valence-electron chi connectivity index (χ3n) is 7.09. The average molecular weight is 586 g/mol. The average Bonchev–Trinajstić information content (AvgIpc) is 2.91. The van der Waals surface area contributed by atoms with Gasteiger partial charge in [-0.3, -0.25) is 9.78 Å². The SMILES string of the molecule is CCc1cnccc1-c1cccc(C(C)N(CCCC(=O)NCC[N+](C)(C)C)S(=O)(=O)c2cccc(Cl)c2C)c1. The first-order valence-electron chi connectivity index (χ1n) is 13.7. The van der Waals surface area contributed by atoms with Gasteiger partial charge in [0.1, 0.15) is 0 Å². The first kappa shape index (κ1) is 31.7. The molecule has 0 bridgehead atoms. The summed E-state index contributed by atoms with van der Waals surface area (Å²) in [6, 6.07) is 14.4.